The molecule has 0 unspecified atom stereocenters. The van der Waals surface area contributed by atoms with E-state index in [1.807, 2.05) is 12.1 Å². The number of hydrogen-bond acceptors (Lipinski definition) is 2. The fraction of sp³-hybridized carbons (Fsp3) is 0.538. The standard InChI is InChI=1S/C13H18BrNO/c1-10-8-11(4-5-12(10)14)15-9-13(16)6-2-3-7-13/h4-5,8,15-16H,2-3,6-7,9H2,1H3. The van der Waals surface area contributed by atoms with Crippen molar-refractivity contribution in [3.63, 3.8) is 0 Å². The SMILES string of the molecule is Cc1cc(NCC2(O)CCCC2)ccc1Br. The molecule has 16 heavy (non-hydrogen) atoms. The third kappa shape index (κ3) is 2.77. The Morgan fingerprint density at radius 2 is 2.06 bits per heavy atom. The summed E-state index contributed by atoms with van der Waals surface area (Å²) in [6.45, 7) is 2.73. The first kappa shape index (κ1) is 11.9. The Labute approximate surface area is 105 Å². The topological polar surface area (TPSA) is 32.3 Å². The second kappa shape index (κ2) is 4.76. The summed E-state index contributed by atoms with van der Waals surface area (Å²) in [4.78, 5) is 0. The van der Waals surface area contributed by atoms with Gasteiger partial charge in [-0.15, -0.1) is 0 Å². The molecule has 2 nitrogen and oxygen atoms in total. The molecule has 1 aromatic rings. The number of nitrogens with one attached hydrogen (secondary N) is 1. The van der Waals surface area contributed by atoms with Crippen LogP contribution in [0.3, 0.4) is 0 Å². The first-order chi connectivity index (χ1) is 7.59. The van der Waals surface area contributed by atoms with Gasteiger partial charge in [0.05, 0.1) is 5.60 Å². The number of aliphatic hydroxyl groups is 1. The predicted molar refractivity (Wildman–Crippen MR) is 70.8 cm³/mol. The summed E-state index contributed by atoms with van der Waals surface area (Å²) in [6.07, 6.45) is 4.15. The first-order valence-corrected chi connectivity index (χ1v) is 6.61. The lowest BCUT2D eigenvalue weighted by molar-refractivity contribution is 0.0615. The molecule has 88 valence electrons. The van der Waals surface area contributed by atoms with Crippen molar-refractivity contribution >= 4 is 21.6 Å². The van der Waals surface area contributed by atoms with Gasteiger partial charge in [0, 0.05) is 16.7 Å². The van der Waals surface area contributed by atoms with Crippen LogP contribution in [0.15, 0.2) is 22.7 Å². The van der Waals surface area contributed by atoms with Crippen LogP contribution in [-0.4, -0.2) is 17.3 Å². The zero-order chi connectivity index (χ0) is 11.6. The summed E-state index contributed by atoms with van der Waals surface area (Å²) in [5.74, 6) is 0. The van der Waals surface area contributed by atoms with E-state index in [0.717, 1.165) is 35.8 Å². The molecule has 1 aliphatic carbocycles. The van der Waals surface area contributed by atoms with Crippen molar-refractivity contribution < 1.29 is 5.11 Å². The van der Waals surface area contributed by atoms with Crippen LogP contribution in [-0.2, 0) is 0 Å². The second-order valence-corrected chi connectivity index (χ2v) is 5.60. The Hall–Kier alpha value is -0.540. The van der Waals surface area contributed by atoms with Crippen molar-refractivity contribution in [2.45, 2.75) is 38.2 Å². The highest BCUT2D eigenvalue weighted by Gasteiger charge is 2.30. The van der Waals surface area contributed by atoms with Gasteiger partial charge in [0.1, 0.15) is 0 Å². The van der Waals surface area contributed by atoms with Gasteiger partial charge < -0.3 is 10.4 Å². The Bertz CT molecular complexity index is 372. The van der Waals surface area contributed by atoms with Crippen LogP contribution >= 0.6 is 15.9 Å². The lowest BCUT2D eigenvalue weighted by atomic mass is 10.0. The highest BCUT2D eigenvalue weighted by atomic mass is 79.9. The normalized spacial score (nSPS) is 18.7. The maximum atomic E-state index is 10.2. The zero-order valence-electron chi connectivity index (χ0n) is 9.59. The van der Waals surface area contributed by atoms with E-state index in [-0.39, 0.29) is 0 Å². The molecule has 0 spiro atoms. The summed E-state index contributed by atoms with van der Waals surface area (Å²) in [6, 6.07) is 6.17. The predicted octanol–water partition coefficient (Wildman–Crippen LogP) is 3.47. The van der Waals surface area contributed by atoms with E-state index in [0.29, 0.717) is 6.54 Å². The van der Waals surface area contributed by atoms with Crippen LogP contribution in [0, 0.1) is 6.92 Å². The summed E-state index contributed by atoms with van der Waals surface area (Å²) >= 11 is 3.48. The number of rotatable bonds is 3. The zero-order valence-corrected chi connectivity index (χ0v) is 11.2. The second-order valence-electron chi connectivity index (χ2n) is 4.75. The molecule has 0 amide bonds. The minimum absolute atomic E-state index is 0.485. The number of benzene rings is 1. The van der Waals surface area contributed by atoms with E-state index < -0.39 is 5.60 Å². The van der Waals surface area contributed by atoms with Crippen molar-refractivity contribution in [3.8, 4) is 0 Å². The lowest BCUT2D eigenvalue weighted by Gasteiger charge is -2.23. The summed E-state index contributed by atoms with van der Waals surface area (Å²) < 4.78 is 1.12. The van der Waals surface area contributed by atoms with Gasteiger partial charge in [-0.25, -0.2) is 0 Å². The quantitative estimate of drug-likeness (QED) is 0.890. The molecular weight excluding hydrogens is 266 g/mol. The summed E-state index contributed by atoms with van der Waals surface area (Å²) in [7, 11) is 0. The fourth-order valence-corrected chi connectivity index (χ4v) is 2.48. The van der Waals surface area contributed by atoms with E-state index in [9.17, 15) is 5.11 Å². The van der Waals surface area contributed by atoms with E-state index >= 15 is 0 Å². The van der Waals surface area contributed by atoms with Crippen LogP contribution in [0.1, 0.15) is 31.2 Å². The number of halogens is 1. The molecule has 0 atom stereocenters. The van der Waals surface area contributed by atoms with Gasteiger partial charge in [-0.05, 0) is 43.5 Å². The van der Waals surface area contributed by atoms with Gasteiger partial charge in [0.2, 0.25) is 0 Å². The van der Waals surface area contributed by atoms with Crippen molar-refractivity contribution in [2.24, 2.45) is 0 Å². The van der Waals surface area contributed by atoms with Gasteiger partial charge in [-0.2, -0.15) is 0 Å². The molecule has 0 radical (unpaired) electrons. The molecule has 1 aromatic carbocycles. The van der Waals surface area contributed by atoms with Crippen LogP contribution in [0.4, 0.5) is 5.69 Å². The summed E-state index contributed by atoms with van der Waals surface area (Å²) in [5.41, 5.74) is 1.81. The maximum absolute atomic E-state index is 10.2. The third-order valence-electron chi connectivity index (χ3n) is 3.31. The molecule has 2 rings (SSSR count). The van der Waals surface area contributed by atoms with Gasteiger partial charge in [-0.3, -0.25) is 0 Å². The van der Waals surface area contributed by atoms with Crippen LogP contribution in [0.5, 0.6) is 0 Å². The van der Waals surface area contributed by atoms with Crippen molar-refractivity contribution in [1.29, 1.82) is 0 Å². The molecule has 0 heterocycles. The Kier molecular flexibility index (Phi) is 3.55. The number of hydrogen-bond donors (Lipinski definition) is 2. The van der Waals surface area contributed by atoms with Crippen LogP contribution in [0.25, 0.3) is 0 Å². The van der Waals surface area contributed by atoms with Crippen molar-refractivity contribution in [2.75, 3.05) is 11.9 Å². The van der Waals surface area contributed by atoms with Gasteiger partial charge >= 0.3 is 0 Å². The smallest absolute Gasteiger partial charge is 0.0819 e. The maximum Gasteiger partial charge on any atom is 0.0819 e. The minimum Gasteiger partial charge on any atom is -0.388 e. The van der Waals surface area contributed by atoms with E-state index in [1.54, 1.807) is 0 Å². The molecule has 0 aliphatic heterocycles. The first-order valence-electron chi connectivity index (χ1n) is 5.81. The number of anilines is 1. The van der Waals surface area contributed by atoms with E-state index in [4.69, 9.17) is 0 Å². The van der Waals surface area contributed by atoms with Gasteiger partial charge in [0.25, 0.3) is 0 Å². The van der Waals surface area contributed by atoms with Crippen LogP contribution < -0.4 is 5.32 Å². The van der Waals surface area contributed by atoms with E-state index in [1.165, 1.54) is 5.56 Å². The Morgan fingerprint density at radius 3 is 2.69 bits per heavy atom. The summed E-state index contributed by atoms with van der Waals surface area (Å²) in [5, 5.41) is 13.5. The Balaban J connectivity index is 1.96. The average Bonchev–Trinajstić information content (AvgIpc) is 2.68. The van der Waals surface area contributed by atoms with Crippen LogP contribution in [0.2, 0.25) is 0 Å². The molecule has 0 aromatic heterocycles. The molecule has 0 saturated heterocycles. The third-order valence-corrected chi connectivity index (χ3v) is 4.20. The molecule has 1 saturated carbocycles. The lowest BCUT2D eigenvalue weighted by Crippen LogP contribution is -2.33. The minimum atomic E-state index is -0.485. The molecule has 3 heteroatoms. The van der Waals surface area contributed by atoms with Gasteiger partial charge in [0.15, 0.2) is 0 Å². The molecule has 2 N–H and O–H groups in total. The average molecular weight is 284 g/mol. The van der Waals surface area contributed by atoms with E-state index in [2.05, 4.69) is 34.2 Å². The molecule has 1 fully saturated rings. The highest BCUT2D eigenvalue weighted by molar-refractivity contribution is 9.10. The molecule has 1 aliphatic rings. The van der Waals surface area contributed by atoms with Crippen molar-refractivity contribution in [1.82, 2.24) is 0 Å². The Morgan fingerprint density at radius 1 is 1.38 bits per heavy atom. The van der Waals surface area contributed by atoms with Gasteiger partial charge in [-0.1, -0.05) is 28.8 Å². The van der Waals surface area contributed by atoms with Crippen molar-refractivity contribution in [3.05, 3.63) is 28.2 Å². The molecule has 0 bridgehead atoms. The monoisotopic (exact) mass is 283 g/mol. The number of aryl methyl sites for hydroxylation is 1. The molecular formula is C13H18BrNO. The largest absolute Gasteiger partial charge is 0.388 e. The fourth-order valence-electron chi connectivity index (χ4n) is 2.23. The highest BCUT2D eigenvalue weighted by Crippen LogP contribution is 2.30.